The number of aromatic amines is 1. The van der Waals surface area contributed by atoms with Gasteiger partial charge in [-0.25, -0.2) is 4.98 Å². The van der Waals surface area contributed by atoms with Crippen molar-refractivity contribution in [3.8, 4) is 11.4 Å². The number of carbonyl (C=O) groups is 1. The van der Waals surface area contributed by atoms with Crippen LogP contribution >= 0.6 is 11.6 Å². The Morgan fingerprint density at radius 3 is 2.75 bits per heavy atom. The van der Waals surface area contributed by atoms with E-state index >= 15 is 0 Å². The molecule has 0 aliphatic rings. The van der Waals surface area contributed by atoms with Crippen LogP contribution in [0.25, 0.3) is 11.4 Å². The van der Waals surface area contributed by atoms with Gasteiger partial charge < -0.3 is 5.32 Å². The number of aromatic nitrogens is 5. The molecule has 8 heteroatoms. The van der Waals surface area contributed by atoms with Gasteiger partial charge in [0.15, 0.2) is 5.82 Å². The molecule has 24 heavy (non-hydrogen) atoms. The second-order valence-electron chi connectivity index (χ2n) is 5.41. The fourth-order valence-corrected chi connectivity index (χ4v) is 2.32. The highest BCUT2D eigenvalue weighted by Crippen LogP contribution is 2.17. The van der Waals surface area contributed by atoms with Crippen molar-refractivity contribution in [3.05, 3.63) is 52.6 Å². The van der Waals surface area contributed by atoms with E-state index in [1.54, 1.807) is 29.9 Å². The molecular formula is C16H17ClN6O. The highest BCUT2D eigenvalue weighted by molar-refractivity contribution is 6.30. The van der Waals surface area contributed by atoms with E-state index in [1.165, 1.54) is 0 Å². The first-order valence-electron chi connectivity index (χ1n) is 7.49. The second kappa shape index (κ2) is 6.84. The minimum Gasteiger partial charge on any atom is -0.350 e. The summed E-state index contributed by atoms with van der Waals surface area (Å²) in [6, 6.07) is 9.06. The monoisotopic (exact) mass is 344 g/mol. The van der Waals surface area contributed by atoms with Crippen molar-refractivity contribution in [2.45, 2.75) is 13.3 Å². The lowest BCUT2D eigenvalue weighted by Gasteiger charge is -2.00. The lowest BCUT2D eigenvalue weighted by Crippen LogP contribution is -2.26. The third-order valence-corrected chi connectivity index (χ3v) is 3.88. The number of nitrogens with one attached hydrogen (secondary N) is 2. The smallest absolute Gasteiger partial charge is 0.271 e. The lowest BCUT2D eigenvalue weighted by molar-refractivity contribution is 0.0948. The topological polar surface area (TPSA) is 88.5 Å². The third-order valence-electron chi connectivity index (χ3n) is 3.63. The average molecular weight is 345 g/mol. The molecule has 0 aliphatic heterocycles. The zero-order valence-electron chi connectivity index (χ0n) is 13.4. The van der Waals surface area contributed by atoms with Gasteiger partial charge in [-0.2, -0.15) is 10.2 Å². The zero-order valence-corrected chi connectivity index (χ0v) is 14.1. The van der Waals surface area contributed by atoms with Crippen LogP contribution < -0.4 is 5.32 Å². The fourth-order valence-electron chi connectivity index (χ4n) is 2.19. The second-order valence-corrected chi connectivity index (χ2v) is 5.85. The number of halogens is 1. The molecule has 2 heterocycles. The predicted octanol–water partition coefficient (Wildman–Crippen LogP) is 2.14. The third kappa shape index (κ3) is 3.62. The van der Waals surface area contributed by atoms with E-state index in [0.29, 0.717) is 35.3 Å². The van der Waals surface area contributed by atoms with Crippen molar-refractivity contribution < 1.29 is 4.79 Å². The number of carbonyl (C=O) groups excluding carboxylic acids is 1. The maximum atomic E-state index is 12.0. The van der Waals surface area contributed by atoms with E-state index < -0.39 is 0 Å². The highest BCUT2D eigenvalue weighted by Gasteiger charge is 2.11. The molecule has 0 radical (unpaired) electrons. The summed E-state index contributed by atoms with van der Waals surface area (Å²) < 4.78 is 1.67. The van der Waals surface area contributed by atoms with E-state index in [9.17, 15) is 4.79 Å². The van der Waals surface area contributed by atoms with Gasteiger partial charge in [-0.3, -0.25) is 14.6 Å². The number of rotatable bonds is 5. The lowest BCUT2D eigenvalue weighted by atomic mass is 10.2. The van der Waals surface area contributed by atoms with E-state index in [4.69, 9.17) is 11.6 Å². The van der Waals surface area contributed by atoms with E-state index in [0.717, 1.165) is 11.3 Å². The molecule has 7 nitrogen and oxygen atoms in total. The van der Waals surface area contributed by atoms with Crippen LogP contribution in [0.1, 0.15) is 22.0 Å². The number of hydrogen-bond donors (Lipinski definition) is 2. The maximum Gasteiger partial charge on any atom is 0.271 e. The van der Waals surface area contributed by atoms with Crippen molar-refractivity contribution in [1.82, 2.24) is 30.3 Å². The molecule has 2 aromatic heterocycles. The van der Waals surface area contributed by atoms with Gasteiger partial charge in [-0.05, 0) is 37.3 Å². The van der Waals surface area contributed by atoms with Gasteiger partial charge in [0.2, 0.25) is 0 Å². The standard InChI is InChI=1S/C16H17ClN6O/c1-10-9-13(22-23(10)2)16(24)18-8-7-14-19-15(21-20-14)11-3-5-12(17)6-4-11/h3-6,9H,7-8H2,1-2H3,(H,18,24)(H,19,20,21). The first kappa shape index (κ1) is 16.2. The number of nitrogens with zero attached hydrogens (tertiary/aromatic N) is 4. The first-order valence-corrected chi connectivity index (χ1v) is 7.87. The molecule has 0 bridgehead atoms. The minimum absolute atomic E-state index is 0.198. The zero-order chi connectivity index (χ0) is 17.1. The summed E-state index contributed by atoms with van der Waals surface area (Å²) in [6.07, 6.45) is 0.554. The first-order chi connectivity index (χ1) is 11.5. The summed E-state index contributed by atoms with van der Waals surface area (Å²) in [7, 11) is 1.80. The molecule has 0 saturated heterocycles. The van der Waals surface area contributed by atoms with Crippen LogP contribution in [0.3, 0.4) is 0 Å². The molecule has 0 fully saturated rings. The van der Waals surface area contributed by atoms with Crippen molar-refractivity contribution >= 4 is 17.5 Å². The predicted molar refractivity (Wildman–Crippen MR) is 90.8 cm³/mol. The molecule has 1 aromatic carbocycles. The van der Waals surface area contributed by atoms with E-state index in [-0.39, 0.29) is 5.91 Å². The SMILES string of the molecule is Cc1cc(C(=O)NCCc2nc(-c3ccc(Cl)cc3)n[nH]2)nn1C. The van der Waals surface area contributed by atoms with Crippen molar-refractivity contribution in [2.75, 3.05) is 6.54 Å². The summed E-state index contributed by atoms with van der Waals surface area (Å²) >= 11 is 5.87. The molecular weight excluding hydrogens is 328 g/mol. The van der Waals surface area contributed by atoms with Gasteiger partial charge in [-0.1, -0.05) is 11.6 Å². The highest BCUT2D eigenvalue weighted by atomic mass is 35.5. The van der Waals surface area contributed by atoms with Crippen LogP contribution in [-0.4, -0.2) is 37.4 Å². The number of benzene rings is 1. The van der Waals surface area contributed by atoms with Crippen molar-refractivity contribution in [1.29, 1.82) is 0 Å². The minimum atomic E-state index is -0.198. The van der Waals surface area contributed by atoms with Crippen molar-refractivity contribution in [3.63, 3.8) is 0 Å². The molecule has 1 amide bonds. The average Bonchev–Trinajstić information content (AvgIpc) is 3.16. The largest absolute Gasteiger partial charge is 0.350 e. The summed E-state index contributed by atoms with van der Waals surface area (Å²) in [5, 5.41) is 14.7. The van der Waals surface area contributed by atoms with Crippen LogP contribution in [-0.2, 0) is 13.5 Å². The Hall–Kier alpha value is -2.67. The quantitative estimate of drug-likeness (QED) is 0.742. The Bertz CT molecular complexity index is 832. The number of amides is 1. The summed E-state index contributed by atoms with van der Waals surface area (Å²) in [4.78, 5) is 16.4. The normalized spacial score (nSPS) is 10.8. The van der Waals surface area contributed by atoms with Crippen LogP contribution in [0, 0.1) is 6.92 Å². The Kier molecular flexibility index (Phi) is 4.61. The fraction of sp³-hybridized carbons (Fsp3) is 0.250. The Morgan fingerprint density at radius 1 is 1.33 bits per heavy atom. The molecule has 2 N–H and O–H groups in total. The van der Waals surface area contributed by atoms with Gasteiger partial charge in [0, 0.05) is 36.3 Å². The number of hydrogen-bond acceptors (Lipinski definition) is 4. The Balaban J connectivity index is 1.56. The number of aryl methyl sites for hydroxylation is 2. The van der Waals surface area contributed by atoms with Crippen LogP contribution in [0.15, 0.2) is 30.3 Å². The molecule has 124 valence electrons. The number of H-pyrrole nitrogens is 1. The molecule has 0 spiro atoms. The molecule has 0 saturated carbocycles. The van der Waals surface area contributed by atoms with Crippen LogP contribution in [0.2, 0.25) is 5.02 Å². The Morgan fingerprint density at radius 2 is 2.08 bits per heavy atom. The van der Waals surface area contributed by atoms with Gasteiger partial charge >= 0.3 is 0 Å². The molecule has 3 aromatic rings. The van der Waals surface area contributed by atoms with Crippen LogP contribution in [0.5, 0.6) is 0 Å². The molecule has 0 unspecified atom stereocenters. The maximum absolute atomic E-state index is 12.0. The summed E-state index contributed by atoms with van der Waals surface area (Å²) in [5.41, 5.74) is 2.23. The van der Waals surface area contributed by atoms with Gasteiger partial charge in [-0.15, -0.1) is 0 Å². The summed E-state index contributed by atoms with van der Waals surface area (Å²) in [6.45, 7) is 2.35. The molecule has 0 aliphatic carbocycles. The van der Waals surface area contributed by atoms with Gasteiger partial charge in [0.05, 0.1) is 0 Å². The molecule has 3 rings (SSSR count). The van der Waals surface area contributed by atoms with Gasteiger partial charge in [0.25, 0.3) is 5.91 Å². The molecule has 0 atom stereocenters. The van der Waals surface area contributed by atoms with E-state index in [1.807, 2.05) is 19.1 Å². The summed E-state index contributed by atoms with van der Waals surface area (Å²) in [5.74, 6) is 1.11. The van der Waals surface area contributed by atoms with Gasteiger partial charge in [0.1, 0.15) is 11.5 Å². The van der Waals surface area contributed by atoms with E-state index in [2.05, 4.69) is 25.6 Å². The van der Waals surface area contributed by atoms with Crippen LogP contribution in [0.4, 0.5) is 0 Å². The van der Waals surface area contributed by atoms with Crippen molar-refractivity contribution in [2.24, 2.45) is 7.05 Å². The Labute approximate surface area is 144 Å².